The zero-order chi connectivity index (χ0) is 20.5. The van der Waals surface area contributed by atoms with Crippen molar-refractivity contribution in [2.24, 2.45) is 5.92 Å². The average molecular weight is 408 g/mol. The van der Waals surface area contributed by atoms with Crippen LogP contribution in [-0.2, 0) is 16.1 Å². The number of carbonyl (C=O) groups is 2. The molecule has 0 spiro atoms. The molecular weight excluding hydrogens is 388 g/mol. The van der Waals surface area contributed by atoms with Gasteiger partial charge in [-0.15, -0.1) is 0 Å². The van der Waals surface area contributed by atoms with E-state index in [2.05, 4.69) is 10.4 Å². The maximum atomic E-state index is 12.8. The van der Waals surface area contributed by atoms with Crippen molar-refractivity contribution in [2.45, 2.75) is 13.0 Å². The van der Waals surface area contributed by atoms with Crippen LogP contribution in [0.4, 0.5) is 11.5 Å². The summed E-state index contributed by atoms with van der Waals surface area (Å²) >= 11 is 0. The molecule has 1 atom stereocenters. The van der Waals surface area contributed by atoms with Crippen molar-refractivity contribution in [3.8, 4) is 11.5 Å². The molecule has 9 nitrogen and oxygen atoms in total. The molecule has 0 unspecified atom stereocenters. The maximum absolute atomic E-state index is 12.8. The summed E-state index contributed by atoms with van der Waals surface area (Å²) in [5, 5.41) is 7.11. The van der Waals surface area contributed by atoms with Crippen LogP contribution in [0.2, 0.25) is 0 Å². The van der Waals surface area contributed by atoms with E-state index < -0.39 is 5.92 Å². The van der Waals surface area contributed by atoms with Crippen LogP contribution < -0.4 is 19.7 Å². The first kappa shape index (κ1) is 18.3. The van der Waals surface area contributed by atoms with Crippen molar-refractivity contribution in [3.05, 3.63) is 54.6 Å². The summed E-state index contributed by atoms with van der Waals surface area (Å²) in [7, 11) is 0. The van der Waals surface area contributed by atoms with Gasteiger partial charge in [0.25, 0.3) is 0 Å². The van der Waals surface area contributed by atoms with Crippen molar-refractivity contribution in [1.82, 2.24) is 9.78 Å². The number of nitrogens with zero attached hydrogens (tertiary/aromatic N) is 3. The Bertz CT molecular complexity index is 1080. The van der Waals surface area contributed by atoms with Crippen LogP contribution in [0.3, 0.4) is 0 Å². The zero-order valence-electron chi connectivity index (χ0n) is 16.1. The summed E-state index contributed by atoms with van der Waals surface area (Å²) in [6.45, 7) is 1.69. The SMILES string of the molecule is O=C(Nc1ccnn1Cc1ccco1)[C@H]1CC(=O)N(c2ccc3c(c2)OCCO3)C1. The van der Waals surface area contributed by atoms with Gasteiger partial charge in [-0.3, -0.25) is 9.59 Å². The zero-order valence-corrected chi connectivity index (χ0v) is 16.1. The Morgan fingerprint density at radius 2 is 2.03 bits per heavy atom. The minimum absolute atomic E-state index is 0.101. The molecule has 2 aliphatic heterocycles. The minimum Gasteiger partial charge on any atom is -0.486 e. The molecule has 0 aliphatic carbocycles. The monoisotopic (exact) mass is 408 g/mol. The first-order chi connectivity index (χ1) is 14.7. The number of amides is 2. The lowest BCUT2D eigenvalue weighted by Crippen LogP contribution is -2.29. The van der Waals surface area contributed by atoms with Crippen LogP contribution in [0.15, 0.2) is 53.3 Å². The Morgan fingerprint density at radius 3 is 2.87 bits per heavy atom. The highest BCUT2D eigenvalue weighted by molar-refractivity contribution is 6.03. The van der Waals surface area contributed by atoms with Crippen molar-refractivity contribution >= 4 is 23.3 Å². The van der Waals surface area contributed by atoms with E-state index in [1.165, 1.54) is 0 Å². The van der Waals surface area contributed by atoms with Crippen LogP contribution >= 0.6 is 0 Å². The molecule has 2 amide bonds. The van der Waals surface area contributed by atoms with Gasteiger partial charge in [-0.1, -0.05) is 0 Å². The molecule has 1 saturated heterocycles. The van der Waals surface area contributed by atoms with Crippen molar-refractivity contribution < 1.29 is 23.5 Å². The third-order valence-electron chi connectivity index (χ3n) is 5.19. The molecule has 9 heteroatoms. The molecule has 3 aromatic rings. The predicted molar refractivity (Wildman–Crippen MR) is 107 cm³/mol. The molecule has 5 rings (SSSR count). The molecule has 4 heterocycles. The number of rotatable bonds is 5. The normalized spacial score (nSPS) is 17.9. The van der Waals surface area contributed by atoms with Gasteiger partial charge in [0.1, 0.15) is 31.3 Å². The summed E-state index contributed by atoms with van der Waals surface area (Å²) in [4.78, 5) is 27.0. The number of hydrogen-bond acceptors (Lipinski definition) is 6. The fourth-order valence-electron chi connectivity index (χ4n) is 3.68. The summed E-state index contributed by atoms with van der Waals surface area (Å²) in [5.74, 6) is 1.78. The van der Waals surface area contributed by atoms with Gasteiger partial charge in [-0.25, -0.2) is 4.68 Å². The molecule has 1 aromatic carbocycles. The van der Waals surface area contributed by atoms with Gasteiger partial charge in [0.2, 0.25) is 11.8 Å². The number of furan rings is 1. The lowest BCUT2D eigenvalue weighted by molar-refractivity contribution is -0.122. The second-order valence-corrected chi connectivity index (χ2v) is 7.18. The molecule has 0 radical (unpaired) electrons. The van der Waals surface area contributed by atoms with Crippen molar-refractivity contribution in [2.75, 3.05) is 30.0 Å². The fraction of sp³-hybridized carbons (Fsp3) is 0.286. The molecule has 30 heavy (non-hydrogen) atoms. The maximum Gasteiger partial charge on any atom is 0.230 e. The Labute approximate surface area is 172 Å². The molecule has 2 aromatic heterocycles. The van der Waals surface area contributed by atoms with E-state index in [1.54, 1.807) is 46.3 Å². The van der Waals surface area contributed by atoms with E-state index in [1.807, 2.05) is 12.1 Å². The minimum atomic E-state index is -0.460. The van der Waals surface area contributed by atoms with Gasteiger partial charge in [0, 0.05) is 30.8 Å². The van der Waals surface area contributed by atoms with Crippen LogP contribution in [0.25, 0.3) is 0 Å². The molecule has 0 bridgehead atoms. The number of ether oxygens (including phenoxy) is 2. The Morgan fingerprint density at radius 1 is 1.17 bits per heavy atom. The Kier molecular flexibility index (Phi) is 4.62. The first-order valence-corrected chi connectivity index (χ1v) is 9.72. The lowest BCUT2D eigenvalue weighted by atomic mass is 10.1. The van der Waals surface area contributed by atoms with Crippen LogP contribution in [0, 0.1) is 5.92 Å². The van der Waals surface area contributed by atoms with Gasteiger partial charge >= 0.3 is 0 Å². The third-order valence-corrected chi connectivity index (χ3v) is 5.19. The first-order valence-electron chi connectivity index (χ1n) is 9.72. The second-order valence-electron chi connectivity index (χ2n) is 7.18. The molecule has 1 N–H and O–H groups in total. The van der Waals surface area contributed by atoms with E-state index >= 15 is 0 Å². The summed E-state index contributed by atoms with van der Waals surface area (Å²) < 4.78 is 18.1. The number of aromatic nitrogens is 2. The number of nitrogens with one attached hydrogen (secondary N) is 1. The Hall–Kier alpha value is -3.75. The smallest absolute Gasteiger partial charge is 0.230 e. The van der Waals surface area contributed by atoms with E-state index in [0.717, 1.165) is 5.76 Å². The number of anilines is 2. The van der Waals surface area contributed by atoms with E-state index in [0.29, 0.717) is 49.3 Å². The summed E-state index contributed by atoms with van der Waals surface area (Å²) in [5.41, 5.74) is 0.697. The highest BCUT2D eigenvalue weighted by atomic mass is 16.6. The van der Waals surface area contributed by atoms with Gasteiger partial charge in [-0.2, -0.15) is 5.10 Å². The number of hydrogen-bond donors (Lipinski definition) is 1. The molecule has 0 saturated carbocycles. The quantitative estimate of drug-likeness (QED) is 0.696. The van der Waals surface area contributed by atoms with Gasteiger partial charge in [-0.05, 0) is 24.3 Å². The summed E-state index contributed by atoms with van der Waals surface area (Å²) in [6, 6.07) is 10.7. The van der Waals surface area contributed by atoms with Crippen LogP contribution in [0.5, 0.6) is 11.5 Å². The molecule has 154 valence electrons. The van der Waals surface area contributed by atoms with Crippen molar-refractivity contribution in [1.29, 1.82) is 0 Å². The number of fused-ring (bicyclic) bond motifs is 1. The third kappa shape index (κ3) is 3.49. The Balaban J connectivity index is 1.27. The van der Waals surface area contributed by atoms with Crippen LogP contribution in [-0.4, -0.2) is 41.4 Å². The van der Waals surface area contributed by atoms with E-state index in [-0.39, 0.29) is 18.2 Å². The van der Waals surface area contributed by atoms with Crippen LogP contribution in [0.1, 0.15) is 12.2 Å². The second kappa shape index (κ2) is 7.58. The fourth-order valence-corrected chi connectivity index (χ4v) is 3.68. The highest BCUT2D eigenvalue weighted by Gasteiger charge is 2.36. The molecule has 2 aliphatic rings. The number of benzene rings is 1. The predicted octanol–water partition coefficient (Wildman–Crippen LogP) is 2.29. The standard InChI is InChI=1S/C21H20N4O5/c26-20-10-14(12-24(20)15-3-4-17-18(11-15)30-9-8-29-17)21(27)23-19-5-6-22-25(19)13-16-2-1-7-28-16/h1-7,11,14H,8-10,12-13H2,(H,23,27)/t14-/m0/s1. The highest BCUT2D eigenvalue weighted by Crippen LogP contribution is 2.36. The van der Waals surface area contributed by atoms with E-state index in [9.17, 15) is 9.59 Å². The lowest BCUT2D eigenvalue weighted by Gasteiger charge is -2.22. The topological polar surface area (TPSA) is 98.8 Å². The van der Waals surface area contributed by atoms with Gasteiger partial charge in [0.15, 0.2) is 11.5 Å². The van der Waals surface area contributed by atoms with Crippen molar-refractivity contribution in [3.63, 3.8) is 0 Å². The largest absolute Gasteiger partial charge is 0.486 e. The average Bonchev–Trinajstić information content (AvgIpc) is 3.50. The van der Waals surface area contributed by atoms with Gasteiger partial charge in [0.05, 0.1) is 18.4 Å². The molecule has 1 fully saturated rings. The van der Waals surface area contributed by atoms with E-state index in [4.69, 9.17) is 13.9 Å². The molecular formula is C21H20N4O5. The van der Waals surface area contributed by atoms with Gasteiger partial charge < -0.3 is 24.1 Å². The summed E-state index contributed by atoms with van der Waals surface area (Å²) in [6.07, 6.45) is 3.35. The number of carbonyl (C=O) groups excluding carboxylic acids is 2.